The second kappa shape index (κ2) is 4.75. The largest absolute Gasteiger partial charge is 0.385 e. The molecule has 0 aromatic heterocycles. The molecule has 1 aliphatic rings. The fourth-order valence-corrected chi connectivity index (χ4v) is 2.66. The number of likely N-dealkylation sites (tertiary alicyclic amines) is 1. The van der Waals surface area contributed by atoms with Gasteiger partial charge in [0.1, 0.15) is 5.82 Å². The third-order valence-corrected chi connectivity index (χ3v) is 3.82. The Balaban J connectivity index is 2.21. The molecule has 3 heteroatoms. The SMILES string of the molecule is CCN1CCC(O)(c2ccc(F)cc2C)CC1. The summed E-state index contributed by atoms with van der Waals surface area (Å²) in [5.41, 5.74) is 0.954. The number of halogens is 1. The van der Waals surface area contributed by atoms with Crippen molar-refractivity contribution in [3.05, 3.63) is 35.1 Å². The third-order valence-electron chi connectivity index (χ3n) is 3.82. The van der Waals surface area contributed by atoms with Crippen molar-refractivity contribution in [1.82, 2.24) is 4.90 Å². The highest BCUT2D eigenvalue weighted by Crippen LogP contribution is 2.34. The van der Waals surface area contributed by atoms with Gasteiger partial charge < -0.3 is 10.0 Å². The van der Waals surface area contributed by atoms with E-state index in [2.05, 4.69) is 11.8 Å². The van der Waals surface area contributed by atoms with E-state index in [0.29, 0.717) is 0 Å². The van der Waals surface area contributed by atoms with E-state index in [4.69, 9.17) is 0 Å². The first kappa shape index (κ1) is 12.5. The molecule has 1 aromatic rings. The van der Waals surface area contributed by atoms with Gasteiger partial charge in [-0.25, -0.2) is 4.39 Å². The van der Waals surface area contributed by atoms with Gasteiger partial charge in [0.25, 0.3) is 0 Å². The van der Waals surface area contributed by atoms with Gasteiger partial charge in [0, 0.05) is 13.1 Å². The lowest BCUT2D eigenvalue weighted by Crippen LogP contribution is -2.42. The Hall–Kier alpha value is -0.930. The molecule has 94 valence electrons. The zero-order valence-corrected chi connectivity index (χ0v) is 10.5. The topological polar surface area (TPSA) is 23.5 Å². The van der Waals surface area contributed by atoms with Crippen LogP contribution < -0.4 is 0 Å². The minimum absolute atomic E-state index is 0.235. The number of benzene rings is 1. The second-order valence-corrected chi connectivity index (χ2v) is 4.93. The molecule has 0 amide bonds. The Labute approximate surface area is 102 Å². The smallest absolute Gasteiger partial charge is 0.123 e. The van der Waals surface area contributed by atoms with Gasteiger partial charge in [-0.15, -0.1) is 0 Å². The first-order valence-electron chi connectivity index (χ1n) is 6.26. The fourth-order valence-electron chi connectivity index (χ4n) is 2.66. The van der Waals surface area contributed by atoms with E-state index in [1.807, 2.05) is 6.92 Å². The Morgan fingerprint density at radius 3 is 2.53 bits per heavy atom. The van der Waals surface area contributed by atoms with E-state index < -0.39 is 5.60 Å². The highest BCUT2D eigenvalue weighted by Gasteiger charge is 2.34. The van der Waals surface area contributed by atoms with E-state index in [9.17, 15) is 9.50 Å². The molecule has 0 spiro atoms. The molecule has 1 heterocycles. The summed E-state index contributed by atoms with van der Waals surface area (Å²) in [4.78, 5) is 2.33. The zero-order valence-electron chi connectivity index (χ0n) is 10.5. The Morgan fingerprint density at radius 1 is 1.35 bits per heavy atom. The zero-order chi connectivity index (χ0) is 12.5. The minimum Gasteiger partial charge on any atom is -0.385 e. The number of hydrogen-bond donors (Lipinski definition) is 1. The number of aryl methyl sites for hydroxylation is 1. The molecule has 0 saturated carbocycles. The van der Waals surface area contributed by atoms with Crippen molar-refractivity contribution < 1.29 is 9.50 Å². The van der Waals surface area contributed by atoms with E-state index >= 15 is 0 Å². The second-order valence-electron chi connectivity index (χ2n) is 4.93. The molecule has 0 aliphatic carbocycles. The fraction of sp³-hybridized carbons (Fsp3) is 0.571. The van der Waals surface area contributed by atoms with E-state index in [0.717, 1.165) is 43.6 Å². The summed E-state index contributed by atoms with van der Waals surface area (Å²) < 4.78 is 13.1. The van der Waals surface area contributed by atoms with E-state index in [-0.39, 0.29) is 5.82 Å². The summed E-state index contributed by atoms with van der Waals surface area (Å²) in [5, 5.41) is 10.7. The maximum atomic E-state index is 13.1. The average molecular weight is 237 g/mol. The van der Waals surface area contributed by atoms with Crippen LogP contribution in [0.15, 0.2) is 18.2 Å². The maximum absolute atomic E-state index is 13.1. The number of nitrogens with zero attached hydrogens (tertiary/aromatic N) is 1. The monoisotopic (exact) mass is 237 g/mol. The summed E-state index contributed by atoms with van der Waals surface area (Å²) in [6.45, 7) is 6.84. The quantitative estimate of drug-likeness (QED) is 0.854. The van der Waals surface area contributed by atoms with Crippen molar-refractivity contribution >= 4 is 0 Å². The van der Waals surface area contributed by atoms with Gasteiger partial charge in [-0.1, -0.05) is 13.0 Å². The Kier molecular flexibility index (Phi) is 3.50. The molecule has 2 nitrogen and oxygen atoms in total. The minimum atomic E-state index is -0.774. The highest BCUT2D eigenvalue weighted by molar-refractivity contribution is 5.32. The molecule has 0 radical (unpaired) electrons. The van der Waals surface area contributed by atoms with Gasteiger partial charge in [-0.2, -0.15) is 0 Å². The summed E-state index contributed by atoms with van der Waals surface area (Å²) in [6, 6.07) is 4.66. The molecule has 1 saturated heterocycles. The van der Waals surface area contributed by atoms with E-state index in [1.54, 1.807) is 6.07 Å². The van der Waals surface area contributed by atoms with Gasteiger partial charge in [-0.3, -0.25) is 0 Å². The van der Waals surface area contributed by atoms with Crippen LogP contribution in [-0.4, -0.2) is 29.6 Å². The molecule has 1 N–H and O–H groups in total. The Bertz CT molecular complexity index is 397. The number of rotatable bonds is 2. The van der Waals surface area contributed by atoms with Crippen molar-refractivity contribution in [3.8, 4) is 0 Å². The first-order chi connectivity index (χ1) is 8.05. The van der Waals surface area contributed by atoms with Crippen LogP contribution in [0.5, 0.6) is 0 Å². The molecule has 1 fully saturated rings. The van der Waals surface area contributed by atoms with Gasteiger partial charge in [0.05, 0.1) is 5.60 Å². The van der Waals surface area contributed by atoms with Gasteiger partial charge >= 0.3 is 0 Å². The summed E-state index contributed by atoms with van der Waals surface area (Å²) in [6.07, 6.45) is 1.46. The van der Waals surface area contributed by atoms with Crippen LogP contribution in [0.4, 0.5) is 4.39 Å². The molecular formula is C14H20FNO. The Morgan fingerprint density at radius 2 is 2.00 bits per heavy atom. The van der Waals surface area contributed by atoms with Crippen LogP contribution in [0.25, 0.3) is 0 Å². The van der Waals surface area contributed by atoms with Crippen molar-refractivity contribution in [2.75, 3.05) is 19.6 Å². The molecule has 2 rings (SSSR count). The molecule has 1 aliphatic heterocycles. The van der Waals surface area contributed by atoms with Crippen molar-refractivity contribution in [3.63, 3.8) is 0 Å². The predicted octanol–water partition coefficient (Wildman–Crippen LogP) is 2.44. The summed E-state index contributed by atoms with van der Waals surface area (Å²) in [7, 11) is 0. The number of aliphatic hydroxyl groups is 1. The lowest BCUT2D eigenvalue weighted by molar-refractivity contribution is -0.0252. The summed E-state index contributed by atoms with van der Waals surface area (Å²) >= 11 is 0. The van der Waals surface area contributed by atoms with Crippen molar-refractivity contribution in [2.45, 2.75) is 32.3 Å². The van der Waals surface area contributed by atoms with Crippen LogP contribution in [0.2, 0.25) is 0 Å². The van der Waals surface area contributed by atoms with Crippen molar-refractivity contribution in [1.29, 1.82) is 0 Å². The predicted molar refractivity (Wildman–Crippen MR) is 66.4 cm³/mol. The molecule has 0 atom stereocenters. The molecule has 17 heavy (non-hydrogen) atoms. The van der Waals surface area contributed by atoms with Gasteiger partial charge in [0.2, 0.25) is 0 Å². The highest BCUT2D eigenvalue weighted by atomic mass is 19.1. The van der Waals surface area contributed by atoms with Crippen LogP contribution in [0, 0.1) is 12.7 Å². The van der Waals surface area contributed by atoms with Crippen LogP contribution in [0.1, 0.15) is 30.9 Å². The molecule has 0 unspecified atom stereocenters. The lowest BCUT2D eigenvalue weighted by Gasteiger charge is -2.38. The maximum Gasteiger partial charge on any atom is 0.123 e. The van der Waals surface area contributed by atoms with Crippen LogP contribution >= 0.6 is 0 Å². The normalized spacial score (nSPS) is 20.5. The van der Waals surface area contributed by atoms with Gasteiger partial charge in [0.15, 0.2) is 0 Å². The molecule has 0 bridgehead atoms. The molecule has 1 aromatic carbocycles. The standard InChI is InChI=1S/C14H20FNO/c1-3-16-8-6-14(17,7-9-16)13-5-4-12(15)10-11(13)2/h4-5,10,17H,3,6-9H2,1-2H3. The average Bonchev–Trinajstić information content (AvgIpc) is 2.29. The number of hydrogen-bond acceptors (Lipinski definition) is 2. The summed E-state index contributed by atoms with van der Waals surface area (Å²) in [5.74, 6) is -0.235. The molecular weight excluding hydrogens is 217 g/mol. The van der Waals surface area contributed by atoms with Crippen molar-refractivity contribution in [2.24, 2.45) is 0 Å². The third kappa shape index (κ3) is 2.50. The van der Waals surface area contributed by atoms with Gasteiger partial charge in [-0.05, 0) is 49.6 Å². The van der Waals surface area contributed by atoms with E-state index in [1.165, 1.54) is 12.1 Å². The first-order valence-corrected chi connectivity index (χ1v) is 6.26. The van der Waals surface area contributed by atoms with Crippen LogP contribution in [-0.2, 0) is 5.60 Å². The number of piperidine rings is 1. The lowest BCUT2D eigenvalue weighted by atomic mass is 9.82. The van der Waals surface area contributed by atoms with Crippen LogP contribution in [0.3, 0.4) is 0 Å².